The van der Waals surface area contributed by atoms with Gasteiger partial charge in [0.15, 0.2) is 10.9 Å². The molecule has 2 heterocycles. The molecule has 2 aromatic rings. The van der Waals surface area contributed by atoms with Crippen LogP contribution >= 0.6 is 11.8 Å². The minimum Gasteiger partial charge on any atom is -0.461 e. The van der Waals surface area contributed by atoms with Gasteiger partial charge in [0.25, 0.3) is 0 Å². The molecule has 9 heteroatoms. The maximum absolute atomic E-state index is 12.0. The van der Waals surface area contributed by atoms with Gasteiger partial charge in [-0.05, 0) is 25.0 Å². The van der Waals surface area contributed by atoms with Crippen LogP contribution in [-0.2, 0) is 16.1 Å². The van der Waals surface area contributed by atoms with Crippen LogP contribution in [0.3, 0.4) is 0 Å². The molecular weight excluding hydrogens is 330 g/mol. The lowest BCUT2D eigenvalue weighted by atomic mass is 10.1. The van der Waals surface area contributed by atoms with Crippen LogP contribution in [0.15, 0.2) is 28.0 Å². The zero-order valence-corrected chi connectivity index (χ0v) is 14.7. The minimum absolute atomic E-state index is 0.0836. The Morgan fingerprint density at radius 1 is 1.38 bits per heavy atom. The van der Waals surface area contributed by atoms with Gasteiger partial charge in [-0.25, -0.2) is 0 Å². The first-order valence-electron chi connectivity index (χ1n) is 7.56. The average molecular weight is 351 g/mol. The van der Waals surface area contributed by atoms with Crippen molar-refractivity contribution in [2.24, 2.45) is 11.7 Å². The molecule has 0 radical (unpaired) electrons. The van der Waals surface area contributed by atoms with Crippen molar-refractivity contribution in [1.29, 1.82) is 0 Å². The lowest BCUT2D eigenvalue weighted by Gasteiger charge is -2.17. The molecule has 0 unspecified atom stereocenters. The molecule has 3 N–H and O–H groups in total. The summed E-state index contributed by atoms with van der Waals surface area (Å²) >= 11 is 1.20. The number of carbonyl (C=O) groups is 2. The fraction of sp³-hybridized carbons (Fsp3) is 0.467. The summed E-state index contributed by atoms with van der Waals surface area (Å²) in [4.78, 5) is 23.3. The van der Waals surface area contributed by atoms with Crippen LogP contribution in [0.5, 0.6) is 0 Å². The first-order chi connectivity index (χ1) is 11.4. The first kappa shape index (κ1) is 18.1. The molecule has 24 heavy (non-hydrogen) atoms. The Hall–Kier alpha value is -2.29. The third-order valence-electron chi connectivity index (χ3n) is 3.49. The van der Waals surface area contributed by atoms with E-state index in [2.05, 4.69) is 15.5 Å². The van der Waals surface area contributed by atoms with Crippen molar-refractivity contribution in [3.8, 4) is 11.6 Å². The number of primary amides is 1. The fourth-order valence-corrected chi connectivity index (χ4v) is 2.62. The summed E-state index contributed by atoms with van der Waals surface area (Å²) in [5.41, 5.74) is 5.30. The summed E-state index contributed by atoms with van der Waals surface area (Å²) in [5, 5.41) is 11.4. The van der Waals surface area contributed by atoms with E-state index < -0.39 is 5.91 Å². The molecule has 1 atom stereocenters. The number of hydrogen-bond donors (Lipinski definition) is 2. The molecular formula is C15H21N5O3S. The molecule has 0 bridgehead atoms. The molecule has 0 fully saturated rings. The van der Waals surface area contributed by atoms with Crippen molar-refractivity contribution < 1.29 is 14.0 Å². The van der Waals surface area contributed by atoms with E-state index in [1.165, 1.54) is 18.0 Å². The number of carbonyl (C=O) groups excluding carboxylic acids is 2. The number of aromatic nitrogens is 3. The number of furan rings is 1. The van der Waals surface area contributed by atoms with Gasteiger partial charge in [0.1, 0.15) is 6.54 Å². The van der Waals surface area contributed by atoms with Crippen LogP contribution in [0, 0.1) is 5.92 Å². The lowest BCUT2D eigenvalue weighted by Crippen LogP contribution is -2.37. The van der Waals surface area contributed by atoms with Gasteiger partial charge in [-0.15, -0.1) is 10.2 Å². The van der Waals surface area contributed by atoms with E-state index in [1.807, 2.05) is 20.8 Å². The summed E-state index contributed by atoms with van der Waals surface area (Å²) in [7, 11) is 0. The Labute approximate surface area is 144 Å². The maximum Gasteiger partial charge on any atom is 0.237 e. The molecule has 0 aliphatic carbocycles. The van der Waals surface area contributed by atoms with Gasteiger partial charge in [0, 0.05) is 6.04 Å². The largest absolute Gasteiger partial charge is 0.461 e. The Morgan fingerprint density at radius 2 is 2.12 bits per heavy atom. The van der Waals surface area contributed by atoms with Crippen molar-refractivity contribution in [1.82, 2.24) is 20.1 Å². The Bertz CT molecular complexity index is 696. The van der Waals surface area contributed by atoms with Crippen molar-refractivity contribution in [2.75, 3.05) is 5.75 Å². The van der Waals surface area contributed by atoms with Crippen LogP contribution in [-0.4, -0.2) is 38.4 Å². The Morgan fingerprint density at radius 3 is 2.71 bits per heavy atom. The average Bonchev–Trinajstić information content (AvgIpc) is 3.14. The highest BCUT2D eigenvalue weighted by Gasteiger charge is 2.19. The number of nitrogens with two attached hydrogens (primary N) is 1. The number of thioether (sulfide) groups is 1. The summed E-state index contributed by atoms with van der Waals surface area (Å²) in [6.07, 6.45) is 1.51. The molecule has 0 spiro atoms. The molecule has 0 aromatic carbocycles. The molecule has 130 valence electrons. The van der Waals surface area contributed by atoms with Gasteiger partial charge in [0.05, 0.1) is 12.0 Å². The maximum atomic E-state index is 12.0. The topological polar surface area (TPSA) is 116 Å². The Kier molecular flexibility index (Phi) is 6.02. The van der Waals surface area contributed by atoms with E-state index in [9.17, 15) is 9.59 Å². The summed E-state index contributed by atoms with van der Waals surface area (Å²) < 4.78 is 6.84. The zero-order chi connectivity index (χ0) is 17.7. The van der Waals surface area contributed by atoms with Crippen molar-refractivity contribution in [3.05, 3.63) is 18.4 Å². The predicted molar refractivity (Wildman–Crippen MR) is 90.1 cm³/mol. The highest BCUT2D eigenvalue weighted by molar-refractivity contribution is 7.99. The monoisotopic (exact) mass is 351 g/mol. The van der Waals surface area contributed by atoms with E-state index in [0.29, 0.717) is 22.7 Å². The van der Waals surface area contributed by atoms with E-state index in [0.717, 1.165) is 0 Å². The van der Waals surface area contributed by atoms with Crippen LogP contribution in [0.25, 0.3) is 11.6 Å². The molecule has 2 rings (SSSR count). The highest BCUT2D eigenvalue weighted by atomic mass is 32.2. The first-order valence-corrected chi connectivity index (χ1v) is 8.54. The normalized spacial score (nSPS) is 12.3. The van der Waals surface area contributed by atoms with Gasteiger partial charge in [-0.3, -0.25) is 14.2 Å². The molecule has 8 nitrogen and oxygen atoms in total. The second-order valence-corrected chi connectivity index (χ2v) is 6.67. The molecule has 2 amide bonds. The van der Waals surface area contributed by atoms with E-state index in [1.54, 1.807) is 16.7 Å². The van der Waals surface area contributed by atoms with Crippen molar-refractivity contribution in [2.45, 2.75) is 38.5 Å². The molecule has 2 aromatic heterocycles. The fourth-order valence-electron chi connectivity index (χ4n) is 1.87. The third kappa shape index (κ3) is 4.60. The third-order valence-corrected chi connectivity index (χ3v) is 4.46. The molecule has 0 saturated heterocycles. The van der Waals surface area contributed by atoms with Crippen LogP contribution in [0.2, 0.25) is 0 Å². The van der Waals surface area contributed by atoms with Gasteiger partial charge < -0.3 is 15.5 Å². The Balaban J connectivity index is 2.10. The van der Waals surface area contributed by atoms with Crippen LogP contribution < -0.4 is 11.1 Å². The highest BCUT2D eigenvalue weighted by Crippen LogP contribution is 2.24. The number of nitrogens with one attached hydrogen (secondary N) is 1. The SMILES string of the molecule is CC(C)[C@H](C)NC(=O)CSc1nnc(-c2ccco2)n1CC(N)=O. The van der Waals surface area contributed by atoms with Crippen molar-refractivity contribution >= 4 is 23.6 Å². The second-order valence-electron chi connectivity index (χ2n) is 5.72. The van der Waals surface area contributed by atoms with Crippen molar-refractivity contribution in [3.63, 3.8) is 0 Å². The van der Waals surface area contributed by atoms with E-state index >= 15 is 0 Å². The standard InChI is InChI=1S/C15H21N5O3S/c1-9(2)10(3)17-13(22)8-24-15-19-18-14(11-5-4-6-23-11)20(15)7-12(16)21/h4-6,9-10H,7-8H2,1-3H3,(H2,16,21)(H,17,22)/t10-/m0/s1. The van der Waals surface area contributed by atoms with Gasteiger partial charge in [-0.1, -0.05) is 25.6 Å². The second kappa shape index (κ2) is 8.00. The molecule has 0 aliphatic heterocycles. The number of hydrogen-bond acceptors (Lipinski definition) is 6. The van der Waals surface area contributed by atoms with Gasteiger partial charge in [-0.2, -0.15) is 0 Å². The van der Waals surface area contributed by atoms with Crippen LogP contribution in [0.1, 0.15) is 20.8 Å². The lowest BCUT2D eigenvalue weighted by molar-refractivity contribution is -0.119. The zero-order valence-electron chi connectivity index (χ0n) is 13.9. The van der Waals surface area contributed by atoms with Gasteiger partial charge >= 0.3 is 0 Å². The minimum atomic E-state index is -0.526. The number of amides is 2. The van der Waals surface area contributed by atoms with Crippen LogP contribution in [0.4, 0.5) is 0 Å². The van der Waals surface area contributed by atoms with E-state index in [-0.39, 0.29) is 24.2 Å². The number of rotatable bonds is 8. The molecule has 0 saturated carbocycles. The predicted octanol–water partition coefficient (Wildman–Crippen LogP) is 1.28. The van der Waals surface area contributed by atoms with E-state index in [4.69, 9.17) is 10.2 Å². The summed E-state index contributed by atoms with van der Waals surface area (Å²) in [6.45, 7) is 5.95. The smallest absolute Gasteiger partial charge is 0.237 e. The quantitative estimate of drug-likeness (QED) is 0.692. The molecule has 0 aliphatic rings. The van der Waals surface area contributed by atoms with Gasteiger partial charge in [0.2, 0.25) is 17.6 Å². The summed E-state index contributed by atoms with van der Waals surface area (Å²) in [5.74, 6) is 0.775. The number of nitrogens with zero attached hydrogens (tertiary/aromatic N) is 3. The summed E-state index contributed by atoms with van der Waals surface area (Å²) in [6, 6.07) is 3.51.